The van der Waals surface area contributed by atoms with E-state index in [1.54, 1.807) is 24.5 Å². The minimum atomic E-state index is -0.0757. The van der Waals surface area contributed by atoms with Crippen LogP contribution in [-0.2, 0) is 4.79 Å². The van der Waals surface area contributed by atoms with Gasteiger partial charge in [-0.05, 0) is 48.2 Å². The van der Waals surface area contributed by atoms with Gasteiger partial charge in [0.05, 0.1) is 6.04 Å². The zero-order chi connectivity index (χ0) is 20.2. The molecule has 2 aromatic carbocycles. The molecule has 0 aliphatic rings. The molecule has 1 aromatic heterocycles. The minimum Gasteiger partial charge on any atom is -0.353 e. The average molecular weight is 386 g/mol. The number of nitrogens with zero attached hydrogens (tertiary/aromatic N) is 1. The van der Waals surface area contributed by atoms with Crippen molar-refractivity contribution in [2.45, 2.75) is 18.9 Å². The van der Waals surface area contributed by atoms with Gasteiger partial charge >= 0.3 is 0 Å². The second-order valence-corrected chi connectivity index (χ2v) is 6.83. The Balaban J connectivity index is 1.40. The van der Waals surface area contributed by atoms with Gasteiger partial charge in [-0.1, -0.05) is 66.7 Å². The molecular weight excluding hydrogens is 358 g/mol. The highest BCUT2D eigenvalue weighted by Crippen LogP contribution is 2.21. The number of rotatable bonds is 10. The standard InChI is InChI=1S/C25H27N3O/c29-24(16-15-21-10-9-17-26-20-21)27-18-7-8-19-28-25(22-11-3-1-4-12-22)23-13-5-2-6-14-23/h1-6,9-17,20,25,28H,7-8,18-19H2,(H,27,29). The number of hydrogen-bond donors (Lipinski definition) is 2. The van der Waals surface area contributed by atoms with E-state index < -0.39 is 0 Å². The molecule has 0 aliphatic carbocycles. The number of nitrogens with one attached hydrogen (secondary N) is 2. The summed E-state index contributed by atoms with van der Waals surface area (Å²) >= 11 is 0. The van der Waals surface area contributed by atoms with E-state index in [0.29, 0.717) is 6.54 Å². The van der Waals surface area contributed by atoms with Crippen LogP contribution in [0.4, 0.5) is 0 Å². The Morgan fingerprint density at radius 3 is 2.14 bits per heavy atom. The van der Waals surface area contributed by atoms with Crippen LogP contribution in [-0.4, -0.2) is 24.0 Å². The van der Waals surface area contributed by atoms with E-state index in [2.05, 4.69) is 64.1 Å². The lowest BCUT2D eigenvalue weighted by Gasteiger charge is -2.20. The van der Waals surface area contributed by atoms with Crippen LogP contribution < -0.4 is 10.6 Å². The van der Waals surface area contributed by atoms with Crippen LogP contribution >= 0.6 is 0 Å². The maximum atomic E-state index is 11.9. The normalized spacial score (nSPS) is 11.1. The molecule has 3 aromatic rings. The first-order chi connectivity index (χ1) is 14.3. The molecular formula is C25H27N3O. The number of aromatic nitrogens is 1. The molecule has 148 valence electrons. The number of pyridine rings is 1. The van der Waals surface area contributed by atoms with Crippen LogP contribution in [0.15, 0.2) is 91.3 Å². The van der Waals surface area contributed by atoms with E-state index in [1.807, 2.05) is 24.3 Å². The van der Waals surface area contributed by atoms with Gasteiger partial charge < -0.3 is 10.6 Å². The van der Waals surface area contributed by atoms with Crippen molar-refractivity contribution in [1.29, 1.82) is 0 Å². The lowest BCUT2D eigenvalue weighted by molar-refractivity contribution is -0.116. The predicted molar refractivity (Wildman–Crippen MR) is 118 cm³/mol. The van der Waals surface area contributed by atoms with E-state index in [-0.39, 0.29) is 11.9 Å². The molecule has 0 saturated heterocycles. The fourth-order valence-corrected chi connectivity index (χ4v) is 3.13. The van der Waals surface area contributed by atoms with Gasteiger partial charge in [0.2, 0.25) is 5.91 Å². The molecule has 0 saturated carbocycles. The van der Waals surface area contributed by atoms with Crippen LogP contribution in [0.3, 0.4) is 0 Å². The molecule has 1 heterocycles. The average Bonchev–Trinajstić information content (AvgIpc) is 2.79. The van der Waals surface area contributed by atoms with Gasteiger partial charge in [-0.15, -0.1) is 0 Å². The smallest absolute Gasteiger partial charge is 0.243 e. The van der Waals surface area contributed by atoms with Gasteiger partial charge in [0.15, 0.2) is 0 Å². The van der Waals surface area contributed by atoms with Crippen molar-refractivity contribution in [3.63, 3.8) is 0 Å². The Labute approximate surface area is 172 Å². The maximum Gasteiger partial charge on any atom is 0.243 e. The highest BCUT2D eigenvalue weighted by Gasteiger charge is 2.12. The lowest BCUT2D eigenvalue weighted by atomic mass is 9.98. The molecule has 3 rings (SSSR count). The van der Waals surface area contributed by atoms with Crippen molar-refractivity contribution in [3.05, 3.63) is 108 Å². The fraction of sp³-hybridized carbons (Fsp3) is 0.200. The Bertz CT molecular complexity index is 840. The zero-order valence-corrected chi connectivity index (χ0v) is 16.5. The summed E-state index contributed by atoms with van der Waals surface area (Å²) < 4.78 is 0. The van der Waals surface area contributed by atoms with Crippen LogP contribution in [0.25, 0.3) is 6.08 Å². The molecule has 0 radical (unpaired) electrons. The molecule has 0 bridgehead atoms. The minimum absolute atomic E-state index is 0.0757. The summed E-state index contributed by atoms with van der Waals surface area (Å²) in [5.41, 5.74) is 3.43. The summed E-state index contributed by atoms with van der Waals surface area (Å²) in [5.74, 6) is -0.0757. The monoisotopic (exact) mass is 385 g/mol. The lowest BCUT2D eigenvalue weighted by Crippen LogP contribution is -2.26. The second-order valence-electron chi connectivity index (χ2n) is 6.83. The molecule has 0 fully saturated rings. The summed E-state index contributed by atoms with van der Waals surface area (Å²) in [6, 6.07) is 24.9. The first-order valence-electron chi connectivity index (χ1n) is 10.0. The Hall–Kier alpha value is -3.24. The topological polar surface area (TPSA) is 54.0 Å². The summed E-state index contributed by atoms with van der Waals surface area (Å²) in [5, 5.41) is 6.58. The van der Waals surface area contributed by atoms with Crippen molar-refractivity contribution in [1.82, 2.24) is 15.6 Å². The molecule has 2 N–H and O–H groups in total. The quantitative estimate of drug-likeness (QED) is 0.402. The van der Waals surface area contributed by atoms with Crippen LogP contribution in [0.5, 0.6) is 0 Å². The number of hydrogen-bond acceptors (Lipinski definition) is 3. The van der Waals surface area contributed by atoms with Gasteiger partial charge in [0, 0.05) is 25.0 Å². The summed E-state index contributed by atoms with van der Waals surface area (Å²) in [4.78, 5) is 15.9. The first-order valence-corrected chi connectivity index (χ1v) is 10.0. The zero-order valence-electron chi connectivity index (χ0n) is 16.5. The van der Waals surface area contributed by atoms with Crippen molar-refractivity contribution in [3.8, 4) is 0 Å². The third-order valence-corrected chi connectivity index (χ3v) is 4.63. The highest BCUT2D eigenvalue weighted by atomic mass is 16.1. The SMILES string of the molecule is O=C(C=Cc1cccnc1)NCCCCNC(c1ccccc1)c1ccccc1. The summed E-state index contributed by atoms with van der Waals surface area (Å²) in [6.07, 6.45) is 8.68. The Morgan fingerprint density at radius 1 is 0.862 bits per heavy atom. The number of unbranched alkanes of at least 4 members (excludes halogenated alkanes) is 1. The molecule has 1 amide bonds. The van der Waals surface area contributed by atoms with Crippen LogP contribution in [0.2, 0.25) is 0 Å². The van der Waals surface area contributed by atoms with Gasteiger partial charge in [0.25, 0.3) is 0 Å². The van der Waals surface area contributed by atoms with Gasteiger partial charge in [-0.25, -0.2) is 0 Å². The number of amides is 1. The van der Waals surface area contributed by atoms with E-state index in [0.717, 1.165) is 24.9 Å². The highest BCUT2D eigenvalue weighted by molar-refractivity contribution is 5.91. The van der Waals surface area contributed by atoms with Crippen molar-refractivity contribution < 1.29 is 4.79 Å². The summed E-state index contributed by atoms with van der Waals surface area (Å²) in [7, 11) is 0. The summed E-state index contributed by atoms with van der Waals surface area (Å²) in [6.45, 7) is 1.55. The van der Waals surface area contributed by atoms with Crippen molar-refractivity contribution >= 4 is 12.0 Å². The van der Waals surface area contributed by atoms with Gasteiger partial charge in [-0.2, -0.15) is 0 Å². The third kappa shape index (κ3) is 7.01. The molecule has 4 heteroatoms. The molecule has 0 unspecified atom stereocenters. The van der Waals surface area contributed by atoms with Crippen LogP contribution in [0.1, 0.15) is 35.6 Å². The maximum absolute atomic E-state index is 11.9. The van der Waals surface area contributed by atoms with Gasteiger partial charge in [-0.3, -0.25) is 9.78 Å². The largest absolute Gasteiger partial charge is 0.353 e. The Kier molecular flexibility index (Phi) is 8.18. The molecule has 0 atom stereocenters. The second kappa shape index (κ2) is 11.6. The van der Waals surface area contributed by atoms with E-state index >= 15 is 0 Å². The molecule has 0 spiro atoms. The van der Waals surface area contributed by atoms with E-state index in [9.17, 15) is 4.79 Å². The van der Waals surface area contributed by atoms with E-state index in [1.165, 1.54) is 11.1 Å². The molecule has 29 heavy (non-hydrogen) atoms. The van der Waals surface area contributed by atoms with E-state index in [4.69, 9.17) is 0 Å². The Morgan fingerprint density at radius 2 is 1.52 bits per heavy atom. The number of benzene rings is 2. The third-order valence-electron chi connectivity index (χ3n) is 4.63. The van der Waals surface area contributed by atoms with Crippen LogP contribution in [0, 0.1) is 0 Å². The molecule has 0 aliphatic heterocycles. The van der Waals surface area contributed by atoms with Gasteiger partial charge in [0.1, 0.15) is 0 Å². The fourth-order valence-electron chi connectivity index (χ4n) is 3.13. The van der Waals surface area contributed by atoms with Crippen molar-refractivity contribution in [2.24, 2.45) is 0 Å². The number of carbonyl (C=O) groups is 1. The molecule has 4 nitrogen and oxygen atoms in total. The number of carbonyl (C=O) groups excluding carboxylic acids is 1. The first kappa shape index (κ1) is 20.5. The van der Waals surface area contributed by atoms with Crippen molar-refractivity contribution in [2.75, 3.05) is 13.1 Å². The predicted octanol–water partition coefficient (Wildman–Crippen LogP) is 4.37.